The number of thiophene rings is 1. The third kappa shape index (κ3) is 1.52. The lowest BCUT2D eigenvalue weighted by molar-refractivity contribution is 0.456. The second kappa shape index (κ2) is 3.28. The van der Waals surface area contributed by atoms with Crippen LogP contribution in [0.15, 0.2) is 3.79 Å². The first-order chi connectivity index (χ1) is 6.09. The van der Waals surface area contributed by atoms with Gasteiger partial charge in [-0.25, -0.2) is 0 Å². The Bertz CT molecular complexity index is 332. The topological polar surface area (TPSA) is 26.0 Å². The van der Waals surface area contributed by atoms with Gasteiger partial charge in [-0.05, 0) is 46.2 Å². The molecule has 0 amide bonds. The molecule has 0 aliphatic heterocycles. The van der Waals surface area contributed by atoms with Gasteiger partial charge in [-0.1, -0.05) is 13.8 Å². The molecule has 0 aromatic carbocycles. The molecular weight excluding hydrogens is 246 g/mol. The van der Waals surface area contributed by atoms with Crippen molar-refractivity contribution in [3.63, 3.8) is 0 Å². The summed E-state index contributed by atoms with van der Waals surface area (Å²) in [6.45, 7) is 4.60. The normalized spacial score (nSPS) is 27.3. The van der Waals surface area contributed by atoms with Crippen LogP contribution in [0.2, 0.25) is 0 Å². The van der Waals surface area contributed by atoms with Gasteiger partial charge in [-0.15, -0.1) is 11.3 Å². The van der Waals surface area contributed by atoms with Crippen molar-refractivity contribution in [3.05, 3.63) is 14.2 Å². The molecule has 0 spiro atoms. The SMILES string of the molecule is CC1Cc2sc(Br)c(N)c2C(C)C1. The number of fused-ring (bicyclic) bond motifs is 1. The molecule has 0 radical (unpaired) electrons. The lowest BCUT2D eigenvalue weighted by atomic mass is 9.82. The monoisotopic (exact) mass is 259 g/mol. The second-order valence-electron chi connectivity index (χ2n) is 4.07. The third-order valence-electron chi connectivity index (χ3n) is 2.80. The number of nitrogen functional groups attached to an aromatic ring is 1. The first kappa shape index (κ1) is 9.53. The highest BCUT2D eigenvalue weighted by molar-refractivity contribution is 9.11. The Morgan fingerprint density at radius 2 is 2.15 bits per heavy atom. The van der Waals surface area contributed by atoms with Crippen LogP contribution in [0.1, 0.15) is 36.6 Å². The van der Waals surface area contributed by atoms with E-state index in [4.69, 9.17) is 5.73 Å². The molecule has 72 valence electrons. The zero-order chi connectivity index (χ0) is 9.59. The quantitative estimate of drug-likeness (QED) is 0.754. The lowest BCUT2D eigenvalue weighted by Gasteiger charge is -2.24. The van der Waals surface area contributed by atoms with Crippen molar-refractivity contribution in [1.29, 1.82) is 0 Å². The number of hydrogen-bond acceptors (Lipinski definition) is 2. The van der Waals surface area contributed by atoms with Gasteiger partial charge in [0.1, 0.15) is 0 Å². The predicted octanol–water partition coefficient (Wildman–Crippen LogP) is 3.78. The van der Waals surface area contributed by atoms with E-state index in [9.17, 15) is 0 Å². The Labute approximate surface area is 91.5 Å². The minimum Gasteiger partial charge on any atom is -0.397 e. The zero-order valence-corrected chi connectivity index (χ0v) is 10.3. The molecule has 1 heterocycles. The molecule has 0 fully saturated rings. The number of rotatable bonds is 0. The van der Waals surface area contributed by atoms with Crippen molar-refractivity contribution in [2.75, 3.05) is 5.73 Å². The number of anilines is 1. The van der Waals surface area contributed by atoms with E-state index in [-0.39, 0.29) is 0 Å². The van der Waals surface area contributed by atoms with E-state index in [1.807, 2.05) is 11.3 Å². The smallest absolute Gasteiger partial charge is 0.0933 e. The molecule has 0 saturated carbocycles. The molecule has 0 bridgehead atoms. The molecule has 13 heavy (non-hydrogen) atoms. The second-order valence-corrected chi connectivity index (χ2v) is 6.50. The average molecular weight is 260 g/mol. The van der Waals surface area contributed by atoms with Crippen LogP contribution >= 0.6 is 27.3 Å². The van der Waals surface area contributed by atoms with Crippen molar-refractivity contribution in [2.45, 2.75) is 32.6 Å². The molecular formula is C10H14BrNS. The lowest BCUT2D eigenvalue weighted by Crippen LogP contribution is -2.13. The Hall–Kier alpha value is -0.0200. The van der Waals surface area contributed by atoms with Gasteiger partial charge in [0.2, 0.25) is 0 Å². The highest BCUT2D eigenvalue weighted by Crippen LogP contribution is 2.46. The Kier molecular flexibility index (Phi) is 2.41. The molecule has 3 heteroatoms. The van der Waals surface area contributed by atoms with E-state index in [1.54, 1.807) is 0 Å². The van der Waals surface area contributed by atoms with E-state index in [1.165, 1.54) is 23.3 Å². The highest BCUT2D eigenvalue weighted by atomic mass is 79.9. The minimum absolute atomic E-state index is 0.640. The van der Waals surface area contributed by atoms with Crippen molar-refractivity contribution in [1.82, 2.24) is 0 Å². The molecule has 2 N–H and O–H groups in total. The fraction of sp³-hybridized carbons (Fsp3) is 0.600. The largest absolute Gasteiger partial charge is 0.397 e. The maximum atomic E-state index is 6.02. The number of hydrogen-bond donors (Lipinski definition) is 1. The maximum Gasteiger partial charge on any atom is 0.0933 e. The van der Waals surface area contributed by atoms with E-state index < -0.39 is 0 Å². The van der Waals surface area contributed by atoms with Gasteiger partial charge in [0.25, 0.3) is 0 Å². The molecule has 0 saturated heterocycles. The fourth-order valence-electron chi connectivity index (χ4n) is 2.29. The number of nitrogens with two attached hydrogens (primary N) is 1. The van der Waals surface area contributed by atoms with Gasteiger partial charge in [0, 0.05) is 4.88 Å². The molecule has 1 aromatic heterocycles. The first-order valence-corrected chi connectivity index (χ1v) is 6.27. The van der Waals surface area contributed by atoms with Gasteiger partial charge in [0.15, 0.2) is 0 Å². The highest BCUT2D eigenvalue weighted by Gasteiger charge is 2.26. The van der Waals surface area contributed by atoms with Crippen LogP contribution in [-0.2, 0) is 6.42 Å². The van der Waals surface area contributed by atoms with Crippen molar-refractivity contribution < 1.29 is 0 Å². The number of halogens is 1. The van der Waals surface area contributed by atoms with Crippen LogP contribution in [0.4, 0.5) is 5.69 Å². The van der Waals surface area contributed by atoms with Crippen LogP contribution in [0, 0.1) is 5.92 Å². The molecule has 2 rings (SSSR count). The molecule has 1 aliphatic carbocycles. The summed E-state index contributed by atoms with van der Waals surface area (Å²) in [5.74, 6) is 1.45. The summed E-state index contributed by atoms with van der Waals surface area (Å²) in [6.07, 6.45) is 2.49. The summed E-state index contributed by atoms with van der Waals surface area (Å²) in [5, 5.41) is 0. The van der Waals surface area contributed by atoms with E-state index in [0.717, 1.165) is 15.4 Å². The summed E-state index contributed by atoms with van der Waals surface area (Å²) in [4.78, 5) is 1.50. The fourth-order valence-corrected chi connectivity index (χ4v) is 4.31. The van der Waals surface area contributed by atoms with Gasteiger partial charge in [-0.2, -0.15) is 0 Å². The zero-order valence-electron chi connectivity index (χ0n) is 7.93. The Morgan fingerprint density at radius 1 is 1.46 bits per heavy atom. The van der Waals surface area contributed by atoms with Gasteiger partial charge >= 0.3 is 0 Å². The van der Waals surface area contributed by atoms with E-state index in [0.29, 0.717) is 5.92 Å². The summed E-state index contributed by atoms with van der Waals surface area (Å²) < 4.78 is 1.12. The molecule has 1 aliphatic rings. The first-order valence-electron chi connectivity index (χ1n) is 4.66. The van der Waals surface area contributed by atoms with Crippen LogP contribution < -0.4 is 5.73 Å². The average Bonchev–Trinajstić information content (AvgIpc) is 2.27. The van der Waals surface area contributed by atoms with Crippen molar-refractivity contribution >= 4 is 33.0 Å². The van der Waals surface area contributed by atoms with Crippen LogP contribution in [-0.4, -0.2) is 0 Å². The maximum absolute atomic E-state index is 6.02. The Balaban J connectivity index is 2.49. The summed E-state index contributed by atoms with van der Waals surface area (Å²) >= 11 is 5.33. The summed E-state index contributed by atoms with van der Waals surface area (Å²) in [7, 11) is 0. The third-order valence-corrected chi connectivity index (χ3v) is 4.74. The summed E-state index contributed by atoms with van der Waals surface area (Å²) in [5.41, 5.74) is 8.42. The van der Waals surface area contributed by atoms with Crippen LogP contribution in [0.5, 0.6) is 0 Å². The standard InChI is InChI=1S/C10H14BrNS/c1-5-3-6(2)8-7(4-5)13-10(11)9(8)12/h5-6H,3-4,12H2,1-2H3. The van der Waals surface area contributed by atoms with Crippen molar-refractivity contribution in [2.24, 2.45) is 5.92 Å². The van der Waals surface area contributed by atoms with Crippen LogP contribution in [0.3, 0.4) is 0 Å². The molecule has 1 nitrogen and oxygen atoms in total. The predicted molar refractivity (Wildman–Crippen MR) is 62.3 cm³/mol. The summed E-state index contributed by atoms with van der Waals surface area (Å²) in [6, 6.07) is 0. The molecule has 2 unspecified atom stereocenters. The van der Waals surface area contributed by atoms with Crippen LogP contribution in [0.25, 0.3) is 0 Å². The van der Waals surface area contributed by atoms with Gasteiger partial charge < -0.3 is 5.73 Å². The van der Waals surface area contributed by atoms with E-state index >= 15 is 0 Å². The molecule has 1 aromatic rings. The van der Waals surface area contributed by atoms with Crippen molar-refractivity contribution in [3.8, 4) is 0 Å². The van der Waals surface area contributed by atoms with Gasteiger partial charge in [0.05, 0.1) is 9.47 Å². The Morgan fingerprint density at radius 3 is 2.85 bits per heavy atom. The molecule has 2 atom stereocenters. The van der Waals surface area contributed by atoms with E-state index in [2.05, 4.69) is 29.8 Å². The van der Waals surface area contributed by atoms with Gasteiger partial charge in [-0.3, -0.25) is 0 Å². The minimum atomic E-state index is 0.640.